The lowest BCUT2D eigenvalue weighted by molar-refractivity contribution is -0.112. The van der Waals surface area contributed by atoms with Crippen LogP contribution in [0.15, 0.2) is 78.4 Å². The van der Waals surface area contributed by atoms with E-state index in [0.29, 0.717) is 28.3 Å². The Morgan fingerprint density at radius 3 is 2.53 bits per heavy atom. The highest BCUT2D eigenvalue weighted by atomic mass is 19.1. The first kappa shape index (κ1) is 20.6. The van der Waals surface area contributed by atoms with Crippen molar-refractivity contribution >= 4 is 17.7 Å². The van der Waals surface area contributed by atoms with E-state index in [4.69, 9.17) is 9.47 Å². The Labute approximate surface area is 174 Å². The van der Waals surface area contributed by atoms with Gasteiger partial charge in [-0.05, 0) is 36.4 Å². The molecule has 0 bridgehead atoms. The van der Waals surface area contributed by atoms with Crippen LogP contribution in [-0.4, -0.2) is 13.0 Å². The fourth-order valence-corrected chi connectivity index (χ4v) is 2.68. The maximum absolute atomic E-state index is 13.9. The molecular weight excluding hydrogens is 383 g/mol. The Morgan fingerprint density at radius 2 is 1.83 bits per heavy atom. The standard InChI is InChI=1S/C24H19FN2O3/c1-29-21-12-11-17(23(14-21)30-16-18-7-5-6-10-22(18)25)13-19(15-26)24(28)27-20-8-3-2-4-9-20/h2-14H,16H2,1H3,(H,27,28)/b19-13+. The second-order valence-corrected chi connectivity index (χ2v) is 6.27. The quantitative estimate of drug-likeness (QED) is 0.448. The molecule has 0 heterocycles. The minimum absolute atomic E-state index is 0.0151. The molecule has 0 fully saturated rings. The summed E-state index contributed by atoms with van der Waals surface area (Å²) >= 11 is 0. The largest absolute Gasteiger partial charge is 0.497 e. The van der Waals surface area contributed by atoms with Crippen LogP contribution in [0.2, 0.25) is 0 Å². The van der Waals surface area contributed by atoms with E-state index >= 15 is 0 Å². The lowest BCUT2D eigenvalue weighted by Gasteiger charge is -2.12. The van der Waals surface area contributed by atoms with Gasteiger partial charge in [-0.15, -0.1) is 0 Å². The maximum atomic E-state index is 13.9. The number of hydrogen-bond acceptors (Lipinski definition) is 4. The number of rotatable bonds is 7. The van der Waals surface area contributed by atoms with Crippen molar-refractivity contribution in [1.82, 2.24) is 0 Å². The molecule has 0 aliphatic carbocycles. The van der Waals surface area contributed by atoms with E-state index in [0.717, 1.165) is 0 Å². The smallest absolute Gasteiger partial charge is 0.266 e. The Balaban J connectivity index is 1.87. The molecule has 3 aromatic carbocycles. The number of nitriles is 1. The molecule has 0 atom stereocenters. The monoisotopic (exact) mass is 402 g/mol. The van der Waals surface area contributed by atoms with Gasteiger partial charge in [0, 0.05) is 22.9 Å². The number of nitrogens with one attached hydrogen (secondary N) is 1. The van der Waals surface area contributed by atoms with Crippen LogP contribution >= 0.6 is 0 Å². The van der Waals surface area contributed by atoms with Crippen molar-refractivity contribution < 1.29 is 18.7 Å². The Morgan fingerprint density at radius 1 is 1.10 bits per heavy atom. The maximum Gasteiger partial charge on any atom is 0.266 e. The van der Waals surface area contributed by atoms with Gasteiger partial charge in [0.25, 0.3) is 5.91 Å². The number of benzene rings is 3. The van der Waals surface area contributed by atoms with Crippen molar-refractivity contribution in [3.63, 3.8) is 0 Å². The highest BCUT2D eigenvalue weighted by Crippen LogP contribution is 2.28. The number of halogens is 1. The molecule has 0 spiro atoms. The van der Waals surface area contributed by atoms with Crippen molar-refractivity contribution in [2.24, 2.45) is 0 Å². The molecule has 1 amide bonds. The van der Waals surface area contributed by atoms with Gasteiger partial charge in [-0.2, -0.15) is 5.26 Å². The van der Waals surface area contributed by atoms with Crippen LogP contribution in [-0.2, 0) is 11.4 Å². The van der Waals surface area contributed by atoms with Gasteiger partial charge in [-0.1, -0.05) is 36.4 Å². The summed E-state index contributed by atoms with van der Waals surface area (Å²) in [4.78, 5) is 12.5. The highest BCUT2D eigenvalue weighted by Gasteiger charge is 2.13. The fourth-order valence-electron chi connectivity index (χ4n) is 2.68. The lowest BCUT2D eigenvalue weighted by atomic mass is 10.1. The molecule has 30 heavy (non-hydrogen) atoms. The number of hydrogen-bond donors (Lipinski definition) is 1. The van der Waals surface area contributed by atoms with E-state index in [1.807, 2.05) is 12.1 Å². The van der Waals surface area contributed by atoms with Crippen LogP contribution in [0.4, 0.5) is 10.1 Å². The van der Waals surface area contributed by atoms with Crippen LogP contribution in [0.25, 0.3) is 6.08 Å². The number of amides is 1. The van der Waals surface area contributed by atoms with Gasteiger partial charge in [0.1, 0.15) is 35.6 Å². The van der Waals surface area contributed by atoms with Crippen molar-refractivity contribution in [2.45, 2.75) is 6.61 Å². The first-order valence-corrected chi connectivity index (χ1v) is 9.13. The van der Waals surface area contributed by atoms with Crippen molar-refractivity contribution in [3.8, 4) is 17.6 Å². The average Bonchev–Trinajstić information content (AvgIpc) is 2.78. The number of carbonyl (C=O) groups is 1. The molecule has 0 aromatic heterocycles. The summed E-state index contributed by atoms with van der Waals surface area (Å²) in [5.74, 6) is -0.0298. The first-order valence-electron chi connectivity index (χ1n) is 9.13. The Bertz CT molecular complexity index is 1100. The van der Waals surface area contributed by atoms with Gasteiger partial charge in [0.05, 0.1) is 7.11 Å². The average molecular weight is 402 g/mol. The normalized spacial score (nSPS) is 10.8. The van der Waals surface area contributed by atoms with Crippen molar-refractivity contribution in [1.29, 1.82) is 5.26 Å². The molecule has 3 aromatic rings. The third-order valence-corrected chi connectivity index (χ3v) is 4.26. The summed E-state index contributed by atoms with van der Waals surface area (Å²) in [7, 11) is 1.51. The number of nitrogens with zero attached hydrogens (tertiary/aromatic N) is 1. The molecule has 0 aliphatic heterocycles. The number of carbonyl (C=O) groups excluding carboxylic acids is 1. The van der Waals surface area contributed by atoms with Gasteiger partial charge < -0.3 is 14.8 Å². The number of para-hydroxylation sites is 1. The summed E-state index contributed by atoms with van der Waals surface area (Å²) in [6, 6.07) is 22.0. The summed E-state index contributed by atoms with van der Waals surface area (Å²) in [6.07, 6.45) is 1.42. The van der Waals surface area contributed by atoms with Crippen molar-refractivity contribution in [3.05, 3.63) is 95.3 Å². The predicted molar refractivity (Wildman–Crippen MR) is 112 cm³/mol. The lowest BCUT2D eigenvalue weighted by Crippen LogP contribution is -2.13. The third kappa shape index (κ3) is 5.24. The van der Waals surface area contributed by atoms with Crippen LogP contribution in [0, 0.1) is 17.1 Å². The van der Waals surface area contributed by atoms with Crippen LogP contribution < -0.4 is 14.8 Å². The highest BCUT2D eigenvalue weighted by molar-refractivity contribution is 6.09. The SMILES string of the molecule is COc1ccc(/C=C(\C#N)C(=O)Nc2ccccc2)c(OCc2ccccc2F)c1. The van der Waals surface area contributed by atoms with Crippen molar-refractivity contribution in [2.75, 3.05) is 12.4 Å². The zero-order valence-corrected chi connectivity index (χ0v) is 16.3. The van der Waals surface area contributed by atoms with E-state index < -0.39 is 5.91 Å². The second kappa shape index (κ2) is 9.89. The minimum Gasteiger partial charge on any atom is -0.497 e. The zero-order chi connectivity index (χ0) is 21.3. The Kier molecular flexibility index (Phi) is 6.80. The second-order valence-electron chi connectivity index (χ2n) is 6.27. The van der Waals surface area contributed by atoms with E-state index in [2.05, 4.69) is 5.32 Å². The summed E-state index contributed by atoms with van der Waals surface area (Å²) in [5, 5.41) is 12.2. The molecule has 1 N–H and O–H groups in total. The van der Waals surface area contributed by atoms with E-state index in [-0.39, 0.29) is 18.0 Å². The van der Waals surface area contributed by atoms with Crippen LogP contribution in [0.5, 0.6) is 11.5 Å². The molecule has 0 aliphatic rings. The number of ether oxygens (including phenoxy) is 2. The third-order valence-electron chi connectivity index (χ3n) is 4.26. The van der Waals surface area contributed by atoms with Gasteiger partial charge >= 0.3 is 0 Å². The van der Waals surface area contributed by atoms with Gasteiger partial charge in [-0.3, -0.25) is 4.79 Å². The zero-order valence-electron chi connectivity index (χ0n) is 16.3. The molecule has 0 saturated carbocycles. The summed E-state index contributed by atoms with van der Waals surface area (Å²) < 4.78 is 24.9. The number of anilines is 1. The minimum atomic E-state index is -0.542. The predicted octanol–water partition coefficient (Wildman–Crippen LogP) is 4.96. The summed E-state index contributed by atoms with van der Waals surface area (Å²) in [6.45, 7) is -0.0151. The molecule has 150 valence electrons. The van der Waals surface area contributed by atoms with Gasteiger partial charge in [-0.25, -0.2) is 4.39 Å². The van der Waals surface area contributed by atoms with Crippen LogP contribution in [0.1, 0.15) is 11.1 Å². The number of methoxy groups -OCH3 is 1. The molecule has 0 saturated heterocycles. The molecule has 6 heteroatoms. The van der Waals surface area contributed by atoms with Gasteiger partial charge in [0.2, 0.25) is 0 Å². The molecule has 5 nitrogen and oxygen atoms in total. The topological polar surface area (TPSA) is 71.3 Å². The molecule has 3 rings (SSSR count). The Hall–Kier alpha value is -4.11. The summed E-state index contributed by atoms with van der Waals surface area (Å²) in [5.41, 5.74) is 1.36. The first-order chi connectivity index (χ1) is 14.6. The van der Waals surface area contributed by atoms with E-state index in [1.165, 1.54) is 19.3 Å². The molecule has 0 unspecified atom stereocenters. The van der Waals surface area contributed by atoms with E-state index in [9.17, 15) is 14.4 Å². The van der Waals surface area contributed by atoms with Crippen LogP contribution in [0.3, 0.4) is 0 Å². The fraction of sp³-hybridized carbons (Fsp3) is 0.0833. The molecule has 0 radical (unpaired) electrons. The molecular formula is C24H19FN2O3. The van der Waals surface area contributed by atoms with E-state index in [1.54, 1.807) is 60.7 Å². The van der Waals surface area contributed by atoms with Gasteiger partial charge in [0.15, 0.2) is 0 Å².